The average molecular weight is 340 g/mol. The molecule has 0 unspecified atom stereocenters. The summed E-state index contributed by atoms with van der Waals surface area (Å²) in [6.07, 6.45) is -7.31. The smallest absolute Gasteiger partial charge is 0.405 e. The van der Waals surface area contributed by atoms with Crippen molar-refractivity contribution in [3.05, 3.63) is 21.9 Å². The van der Waals surface area contributed by atoms with E-state index in [-0.39, 0.29) is 5.56 Å². The lowest BCUT2D eigenvalue weighted by atomic mass is 10.2. The number of rotatable bonds is 3. The third kappa shape index (κ3) is 3.67. The number of pyridine rings is 1. The van der Waals surface area contributed by atoms with Gasteiger partial charge in [-0.25, -0.2) is 13.8 Å². The molecule has 1 heterocycles. The van der Waals surface area contributed by atoms with E-state index in [1.54, 1.807) is 0 Å². The molecule has 0 N–H and O–H groups in total. The lowest BCUT2D eigenvalue weighted by Gasteiger charge is -2.16. The zero-order chi connectivity index (χ0) is 13.2. The molecular weight excluding hydrogens is 336 g/mol. The summed E-state index contributed by atoms with van der Waals surface area (Å²) < 4.78 is 64.6. The van der Waals surface area contributed by atoms with Crippen molar-refractivity contribution in [3.63, 3.8) is 0 Å². The van der Waals surface area contributed by atoms with Crippen LogP contribution in [0.4, 0.5) is 22.0 Å². The molecule has 0 aromatic carbocycles. The molecule has 17 heavy (non-hydrogen) atoms. The molecule has 0 radical (unpaired) electrons. The molecule has 0 saturated heterocycles. The first-order chi connectivity index (χ1) is 7.76. The third-order valence-electron chi connectivity index (χ3n) is 1.67. The fourth-order valence-electron chi connectivity index (χ4n) is 1.05. The molecule has 0 atom stereocenters. The largest absolute Gasteiger partial charge is 0.573 e. The summed E-state index contributed by atoms with van der Waals surface area (Å²) in [5, 5.41) is 0. The summed E-state index contributed by atoms with van der Waals surface area (Å²) in [5.41, 5.74) is -1.23. The molecule has 0 spiro atoms. The Morgan fingerprint density at radius 2 is 2.00 bits per heavy atom. The predicted molar refractivity (Wildman–Crippen MR) is 53.1 cm³/mol. The Balaban J connectivity index is 3.35. The van der Waals surface area contributed by atoms with Crippen LogP contribution in [0.5, 0.6) is 5.75 Å². The van der Waals surface area contributed by atoms with Crippen LogP contribution in [0.3, 0.4) is 0 Å². The van der Waals surface area contributed by atoms with Crippen LogP contribution < -0.4 is 4.74 Å². The number of hydrogen-bond acceptors (Lipinski definition) is 2. The Morgan fingerprint density at radius 3 is 2.41 bits per heavy atom. The Bertz CT molecular complexity index is 412. The third-order valence-corrected chi connectivity index (χ3v) is 2.59. The van der Waals surface area contributed by atoms with E-state index in [1.807, 2.05) is 0 Å². The standard InChI is InChI=1S/C8H4BrClF5NO/c9-6-4(7(11)12)5(17-8(13,14)15)3(1-10)2-16-6/h2,7H,1H2. The van der Waals surface area contributed by atoms with Gasteiger partial charge in [0.1, 0.15) is 10.4 Å². The summed E-state index contributed by atoms with van der Waals surface area (Å²) in [4.78, 5) is 3.47. The summed E-state index contributed by atoms with van der Waals surface area (Å²) in [7, 11) is 0. The van der Waals surface area contributed by atoms with Crippen molar-refractivity contribution in [2.75, 3.05) is 0 Å². The van der Waals surface area contributed by atoms with Gasteiger partial charge in [0.25, 0.3) is 6.43 Å². The zero-order valence-electron chi connectivity index (χ0n) is 7.86. The van der Waals surface area contributed by atoms with Crippen molar-refractivity contribution in [3.8, 4) is 5.75 Å². The molecule has 1 aromatic rings. The molecule has 0 aliphatic heterocycles. The number of alkyl halides is 6. The van der Waals surface area contributed by atoms with Gasteiger partial charge in [-0.05, 0) is 15.9 Å². The highest BCUT2D eigenvalue weighted by molar-refractivity contribution is 9.10. The molecule has 96 valence electrons. The lowest BCUT2D eigenvalue weighted by molar-refractivity contribution is -0.275. The second-order valence-electron chi connectivity index (χ2n) is 2.80. The van der Waals surface area contributed by atoms with Gasteiger partial charge >= 0.3 is 6.36 Å². The minimum Gasteiger partial charge on any atom is -0.405 e. The maximum absolute atomic E-state index is 12.6. The molecule has 0 fully saturated rings. The van der Waals surface area contributed by atoms with Gasteiger partial charge in [0, 0.05) is 11.8 Å². The van der Waals surface area contributed by atoms with Crippen LogP contribution in [0.1, 0.15) is 17.6 Å². The molecular formula is C8H4BrClF5NO. The zero-order valence-corrected chi connectivity index (χ0v) is 10.2. The second kappa shape index (κ2) is 5.34. The summed E-state index contributed by atoms with van der Waals surface area (Å²) in [6, 6.07) is 0. The minimum atomic E-state index is -5.08. The number of halogens is 7. The van der Waals surface area contributed by atoms with E-state index in [2.05, 4.69) is 25.7 Å². The monoisotopic (exact) mass is 339 g/mol. The van der Waals surface area contributed by atoms with E-state index in [1.165, 1.54) is 0 Å². The SMILES string of the molecule is FC(F)c1c(Br)ncc(CCl)c1OC(F)(F)F. The van der Waals surface area contributed by atoms with Crippen LogP contribution in [0, 0.1) is 0 Å². The molecule has 1 rings (SSSR count). The quantitative estimate of drug-likeness (QED) is 0.462. The molecule has 0 amide bonds. The van der Waals surface area contributed by atoms with Gasteiger partial charge in [0.05, 0.1) is 11.4 Å². The van der Waals surface area contributed by atoms with Crippen LogP contribution in [-0.4, -0.2) is 11.3 Å². The minimum absolute atomic E-state index is 0.262. The first-order valence-corrected chi connectivity index (χ1v) is 5.36. The highest BCUT2D eigenvalue weighted by atomic mass is 79.9. The van der Waals surface area contributed by atoms with Crippen molar-refractivity contribution in [1.82, 2.24) is 4.98 Å². The van der Waals surface area contributed by atoms with Gasteiger partial charge < -0.3 is 4.74 Å². The fraction of sp³-hybridized carbons (Fsp3) is 0.375. The van der Waals surface area contributed by atoms with E-state index in [9.17, 15) is 22.0 Å². The number of hydrogen-bond donors (Lipinski definition) is 0. The van der Waals surface area contributed by atoms with Crippen LogP contribution in [-0.2, 0) is 5.88 Å². The normalized spacial score (nSPS) is 12.0. The Labute approximate surface area is 106 Å². The number of ether oxygens (including phenoxy) is 1. The van der Waals surface area contributed by atoms with Gasteiger partial charge in [-0.2, -0.15) is 0 Å². The Morgan fingerprint density at radius 1 is 1.41 bits per heavy atom. The molecule has 0 saturated carbocycles. The van der Waals surface area contributed by atoms with Crippen LogP contribution in [0.15, 0.2) is 10.8 Å². The molecule has 2 nitrogen and oxygen atoms in total. The summed E-state index contributed by atoms with van der Waals surface area (Å²) in [5.74, 6) is -1.44. The average Bonchev–Trinajstić information content (AvgIpc) is 2.15. The molecule has 0 aliphatic rings. The van der Waals surface area contributed by atoms with Crippen molar-refractivity contribution in [2.24, 2.45) is 0 Å². The van der Waals surface area contributed by atoms with Crippen molar-refractivity contribution in [2.45, 2.75) is 18.7 Å². The number of aromatic nitrogens is 1. The van der Waals surface area contributed by atoms with Gasteiger partial charge in [0.2, 0.25) is 0 Å². The Kier molecular flexibility index (Phi) is 4.54. The van der Waals surface area contributed by atoms with Crippen molar-refractivity contribution >= 4 is 27.5 Å². The van der Waals surface area contributed by atoms with E-state index >= 15 is 0 Å². The van der Waals surface area contributed by atoms with Crippen molar-refractivity contribution in [1.29, 1.82) is 0 Å². The maximum atomic E-state index is 12.6. The number of nitrogens with zero attached hydrogens (tertiary/aromatic N) is 1. The highest BCUT2D eigenvalue weighted by Crippen LogP contribution is 2.39. The second-order valence-corrected chi connectivity index (χ2v) is 3.82. The fourth-order valence-corrected chi connectivity index (χ4v) is 1.70. The van der Waals surface area contributed by atoms with Gasteiger partial charge in [-0.1, -0.05) is 0 Å². The molecule has 1 aromatic heterocycles. The van der Waals surface area contributed by atoms with Gasteiger partial charge in [0.15, 0.2) is 0 Å². The summed E-state index contributed by atoms with van der Waals surface area (Å²) >= 11 is 7.98. The van der Waals surface area contributed by atoms with Gasteiger partial charge in [-0.3, -0.25) is 0 Å². The molecule has 9 heteroatoms. The maximum Gasteiger partial charge on any atom is 0.573 e. The van der Waals surface area contributed by atoms with E-state index < -0.39 is 34.6 Å². The van der Waals surface area contributed by atoms with Gasteiger partial charge in [-0.15, -0.1) is 24.8 Å². The van der Waals surface area contributed by atoms with Crippen LogP contribution >= 0.6 is 27.5 Å². The predicted octanol–water partition coefficient (Wildman–Crippen LogP) is 4.42. The van der Waals surface area contributed by atoms with E-state index in [0.717, 1.165) is 6.20 Å². The highest BCUT2D eigenvalue weighted by Gasteiger charge is 2.35. The van der Waals surface area contributed by atoms with E-state index in [4.69, 9.17) is 11.6 Å². The Hall–Kier alpha value is -0.630. The van der Waals surface area contributed by atoms with E-state index in [0.29, 0.717) is 0 Å². The first-order valence-electron chi connectivity index (χ1n) is 4.03. The summed E-state index contributed by atoms with van der Waals surface area (Å²) in [6.45, 7) is 0. The molecule has 0 aliphatic carbocycles. The van der Waals surface area contributed by atoms with Crippen LogP contribution in [0.2, 0.25) is 0 Å². The van der Waals surface area contributed by atoms with Crippen molar-refractivity contribution < 1.29 is 26.7 Å². The van der Waals surface area contributed by atoms with Crippen LogP contribution in [0.25, 0.3) is 0 Å². The lowest BCUT2D eigenvalue weighted by Crippen LogP contribution is -2.19. The first kappa shape index (κ1) is 14.4. The topological polar surface area (TPSA) is 22.1 Å². The molecule has 0 bridgehead atoms.